The maximum atomic E-state index is 12.2. The topological polar surface area (TPSA) is 59.5 Å². The van der Waals surface area contributed by atoms with Crippen LogP contribution in [0.1, 0.15) is 47.0 Å². The summed E-state index contributed by atoms with van der Waals surface area (Å²) in [7, 11) is 1.79. The van der Waals surface area contributed by atoms with Gasteiger partial charge in [-0.15, -0.1) is 11.3 Å². The van der Waals surface area contributed by atoms with Gasteiger partial charge in [0.1, 0.15) is 5.69 Å². The van der Waals surface area contributed by atoms with Gasteiger partial charge < -0.3 is 9.64 Å². The molecule has 6 heteroatoms. The van der Waals surface area contributed by atoms with Crippen LogP contribution in [0.15, 0.2) is 5.38 Å². The van der Waals surface area contributed by atoms with Gasteiger partial charge in [0.25, 0.3) is 5.91 Å². The standard InChI is InChI=1S/C13H18N2O3S/c1-4-18-13(17)11-14-10(7-19-11)12(16)15(3)8(2)9-5-6-9/h7-9H,4-6H2,1-3H3. The number of ether oxygens (including phenoxy) is 1. The molecule has 1 aromatic rings. The van der Waals surface area contributed by atoms with Gasteiger partial charge in [0.2, 0.25) is 5.01 Å². The third kappa shape index (κ3) is 3.12. The number of aromatic nitrogens is 1. The SMILES string of the molecule is CCOC(=O)c1nc(C(=O)N(C)C(C)C2CC2)cs1. The van der Waals surface area contributed by atoms with Crippen LogP contribution >= 0.6 is 11.3 Å². The van der Waals surface area contributed by atoms with Gasteiger partial charge in [-0.1, -0.05) is 0 Å². The molecule has 1 heterocycles. The number of esters is 1. The minimum atomic E-state index is -0.468. The fourth-order valence-electron chi connectivity index (χ4n) is 1.92. The predicted molar refractivity (Wildman–Crippen MR) is 72.4 cm³/mol. The summed E-state index contributed by atoms with van der Waals surface area (Å²) < 4.78 is 4.86. The molecular weight excluding hydrogens is 264 g/mol. The third-order valence-electron chi connectivity index (χ3n) is 3.41. The Morgan fingerprint density at radius 2 is 2.26 bits per heavy atom. The summed E-state index contributed by atoms with van der Waals surface area (Å²) >= 11 is 1.15. The number of thiazole rings is 1. The fraction of sp³-hybridized carbons (Fsp3) is 0.615. The van der Waals surface area contributed by atoms with E-state index >= 15 is 0 Å². The second kappa shape index (κ2) is 5.69. The molecule has 2 rings (SSSR count). The van der Waals surface area contributed by atoms with Gasteiger partial charge in [0, 0.05) is 18.5 Å². The Balaban J connectivity index is 2.04. The lowest BCUT2D eigenvalue weighted by molar-refractivity contribution is 0.0526. The van der Waals surface area contributed by atoms with Crippen LogP contribution in [0.4, 0.5) is 0 Å². The molecule has 0 saturated heterocycles. The van der Waals surface area contributed by atoms with Crippen LogP contribution in [0.5, 0.6) is 0 Å². The van der Waals surface area contributed by atoms with E-state index in [2.05, 4.69) is 4.98 Å². The van der Waals surface area contributed by atoms with Crippen LogP contribution in [-0.4, -0.2) is 41.5 Å². The van der Waals surface area contributed by atoms with Gasteiger partial charge >= 0.3 is 5.97 Å². The highest BCUT2D eigenvalue weighted by Gasteiger charge is 2.33. The zero-order valence-corrected chi connectivity index (χ0v) is 12.2. The Kier molecular flexibility index (Phi) is 4.19. The molecule has 19 heavy (non-hydrogen) atoms. The molecule has 0 bridgehead atoms. The monoisotopic (exact) mass is 282 g/mol. The molecule has 1 aromatic heterocycles. The van der Waals surface area contributed by atoms with Gasteiger partial charge in [-0.2, -0.15) is 0 Å². The van der Waals surface area contributed by atoms with Crippen molar-refractivity contribution in [3.05, 3.63) is 16.1 Å². The van der Waals surface area contributed by atoms with E-state index in [1.807, 2.05) is 6.92 Å². The molecule has 0 radical (unpaired) electrons. The lowest BCUT2D eigenvalue weighted by Crippen LogP contribution is -2.36. The maximum absolute atomic E-state index is 12.2. The molecule has 0 aliphatic heterocycles. The van der Waals surface area contributed by atoms with Crippen molar-refractivity contribution in [2.45, 2.75) is 32.7 Å². The largest absolute Gasteiger partial charge is 0.461 e. The molecule has 0 aromatic carbocycles. The van der Waals surface area contributed by atoms with Crippen molar-refractivity contribution in [2.24, 2.45) is 5.92 Å². The van der Waals surface area contributed by atoms with Gasteiger partial charge in [0.05, 0.1) is 6.61 Å². The smallest absolute Gasteiger partial charge is 0.367 e. The number of rotatable bonds is 5. The first kappa shape index (κ1) is 14.0. The van der Waals surface area contributed by atoms with E-state index in [0.29, 0.717) is 18.2 Å². The first-order valence-corrected chi connectivity index (χ1v) is 7.32. The van der Waals surface area contributed by atoms with E-state index in [1.165, 1.54) is 12.8 Å². The summed E-state index contributed by atoms with van der Waals surface area (Å²) in [6.07, 6.45) is 2.37. The first-order chi connectivity index (χ1) is 9.04. The van der Waals surface area contributed by atoms with E-state index in [4.69, 9.17) is 4.74 Å². The van der Waals surface area contributed by atoms with E-state index in [-0.39, 0.29) is 17.0 Å². The molecule has 1 atom stereocenters. The summed E-state index contributed by atoms with van der Waals surface area (Å²) in [5.41, 5.74) is 0.322. The van der Waals surface area contributed by atoms with Crippen LogP contribution in [0.3, 0.4) is 0 Å². The quantitative estimate of drug-likeness (QED) is 0.777. The molecule has 5 nitrogen and oxygen atoms in total. The highest BCUT2D eigenvalue weighted by Crippen LogP contribution is 2.35. The molecule has 1 unspecified atom stereocenters. The number of hydrogen-bond donors (Lipinski definition) is 0. The van der Waals surface area contributed by atoms with Crippen molar-refractivity contribution in [3.8, 4) is 0 Å². The Labute approximate surface area is 116 Å². The van der Waals surface area contributed by atoms with E-state index in [0.717, 1.165) is 11.3 Å². The average molecular weight is 282 g/mol. The third-order valence-corrected chi connectivity index (χ3v) is 4.23. The minimum Gasteiger partial charge on any atom is -0.461 e. The van der Waals surface area contributed by atoms with Crippen LogP contribution in [0.2, 0.25) is 0 Å². The minimum absolute atomic E-state index is 0.133. The summed E-state index contributed by atoms with van der Waals surface area (Å²) in [6.45, 7) is 4.09. The lowest BCUT2D eigenvalue weighted by Gasteiger charge is -2.23. The van der Waals surface area contributed by atoms with E-state index in [9.17, 15) is 9.59 Å². The molecule has 1 aliphatic carbocycles. The predicted octanol–water partition coefficient (Wildman–Crippen LogP) is 2.19. The summed E-state index contributed by atoms with van der Waals surface area (Å²) in [5.74, 6) is 0.00718. The summed E-state index contributed by atoms with van der Waals surface area (Å²) in [4.78, 5) is 29.5. The molecule has 1 amide bonds. The van der Waals surface area contributed by atoms with Crippen LogP contribution in [0, 0.1) is 5.92 Å². The second-order valence-electron chi connectivity index (χ2n) is 4.75. The lowest BCUT2D eigenvalue weighted by atomic mass is 10.2. The Morgan fingerprint density at radius 1 is 1.58 bits per heavy atom. The number of hydrogen-bond acceptors (Lipinski definition) is 5. The normalized spacial score (nSPS) is 15.9. The number of nitrogens with zero attached hydrogens (tertiary/aromatic N) is 2. The molecule has 1 saturated carbocycles. The van der Waals surface area contributed by atoms with E-state index < -0.39 is 5.97 Å². The van der Waals surface area contributed by atoms with Gasteiger partial charge in [-0.05, 0) is 32.6 Å². The maximum Gasteiger partial charge on any atom is 0.367 e. The summed E-state index contributed by atoms with van der Waals surface area (Å²) in [6, 6.07) is 0.222. The summed E-state index contributed by atoms with van der Waals surface area (Å²) in [5, 5.41) is 1.85. The zero-order chi connectivity index (χ0) is 14.0. The van der Waals surface area contributed by atoms with Crippen molar-refractivity contribution in [1.29, 1.82) is 0 Å². The van der Waals surface area contributed by atoms with Crippen LogP contribution in [0.25, 0.3) is 0 Å². The fourth-order valence-corrected chi connectivity index (χ4v) is 2.60. The second-order valence-corrected chi connectivity index (χ2v) is 5.61. The van der Waals surface area contributed by atoms with Gasteiger partial charge in [0.15, 0.2) is 0 Å². The first-order valence-electron chi connectivity index (χ1n) is 6.44. The van der Waals surface area contributed by atoms with Crippen molar-refractivity contribution in [2.75, 3.05) is 13.7 Å². The average Bonchev–Trinajstić information content (AvgIpc) is 3.13. The number of amides is 1. The van der Waals surface area contributed by atoms with Crippen molar-refractivity contribution in [1.82, 2.24) is 9.88 Å². The van der Waals surface area contributed by atoms with Crippen LogP contribution < -0.4 is 0 Å². The number of carbonyl (C=O) groups excluding carboxylic acids is 2. The molecule has 0 spiro atoms. The molecule has 0 N–H and O–H groups in total. The van der Waals surface area contributed by atoms with Crippen molar-refractivity contribution >= 4 is 23.2 Å². The van der Waals surface area contributed by atoms with Gasteiger partial charge in [-0.25, -0.2) is 9.78 Å². The Bertz CT molecular complexity index is 482. The van der Waals surface area contributed by atoms with Crippen molar-refractivity contribution < 1.29 is 14.3 Å². The van der Waals surface area contributed by atoms with E-state index in [1.54, 1.807) is 24.3 Å². The molecule has 104 valence electrons. The van der Waals surface area contributed by atoms with Gasteiger partial charge in [-0.3, -0.25) is 4.79 Å². The number of carbonyl (C=O) groups is 2. The molecular formula is C13H18N2O3S. The highest BCUT2D eigenvalue weighted by molar-refractivity contribution is 7.11. The van der Waals surface area contributed by atoms with Crippen molar-refractivity contribution in [3.63, 3.8) is 0 Å². The zero-order valence-electron chi connectivity index (χ0n) is 11.4. The molecule has 1 fully saturated rings. The Morgan fingerprint density at radius 3 is 2.84 bits per heavy atom. The highest BCUT2D eigenvalue weighted by atomic mass is 32.1. The van der Waals surface area contributed by atoms with Crippen LogP contribution in [-0.2, 0) is 4.74 Å². The Hall–Kier alpha value is -1.43. The molecule has 1 aliphatic rings.